The Labute approximate surface area is 115 Å². The smallest absolute Gasteiger partial charge is 0.319 e. The number of amides is 1. The van der Waals surface area contributed by atoms with Crippen molar-refractivity contribution in [2.24, 2.45) is 11.7 Å². The molecule has 0 unspecified atom stereocenters. The molecule has 1 aliphatic rings. The van der Waals surface area contributed by atoms with Gasteiger partial charge in [0.15, 0.2) is 0 Å². The van der Waals surface area contributed by atoms with E-state index in [1.807, 2.05) is 13.8 Å². The second-order valence-electron chi connectivity index (χ2n) is 5.43. The largest absolute Gasteiger partial charge is 0.339 e. The molecular weight excluding hydrogens is 278 g/mol. The SMILES string of the molecule is CC(C)[C@H](N)C(=O)N1CCN(CC(F)(F)C(F)F)CC1. The summed E-state index contributed by atoms with van der Waals surface area (Å²) in [5.74, 6) is -4.25. The molecule has 1 atom stereocenters. The minimum atomic E-state index is -4.01. The van der Waals surface area contributed by atoms with E-state index in [1.54, 1.807) is 0 Å². The van der Waals surface area contributed by atoms with Crippen LogP contribution in [0.4, 0.5) is 17.6 Å². The summed E-state index contributed by atoms with van der Waals surface area (Å²) in [5, 5.41) is 0. The Kier molecular flexibility index (Phi) is 5.76. The van der Waals surface area contributed by atoms with Crippen LogP contribution in [-0.2, 0) is 4.79 Å². The highest BCUT2D eigenvalue weighted by Crippen LogP contribution is 2.24. The van der Waals surface area contributed by atoms with Crippen molar-refractivity contribution in [1.82, 2.24) is 9.80 Å². The van der Waals surface area contributed by atoms with Gasteiger partial charge in [0.2, 0.25) is 5.91 Å². The number of rotatable bonds is 5. The number of halogens is 4. The van der Waals surface area contributed by atoms with Gasteiger partial charge in [-0.2, -0.15) is 8.78 Å². The van der Waals surface area contributed by atoms with Crippen molar-refractivity contribution in [1.29, 1.82) is 0 Å². The molecule has 0 spiro atoms. The predicted octanol–water partition coefficient (Wildman–Crippen LogP) is 1.01. The Balaban J connectivity index is 2.46. The third kappa shape index (κ3) is 4.31. The zero-order valence-electron chi connectivity index (χ0n) is 11.7. The normalized spacial score (nSPS) is 19.8. The lowest BCUT2D eigenvalue weighted by Gasteiger charge is -2.37. The van der Waals surface area contributed by atoms with Crippen LogP contribution in [0.3, 0.4) is 0 Å². The summed E-state index contributed by atoms with van der Waals surface area (Å²) in [5.41, 5.74) is 5.74. The minimum absolute atomic E-state index is 0.0105. The monoisotopic (exact) mass is 299 g/mol. The first-order valence-corrected chi connectivity index (χ1v) is 6.58. The molecule has 0 aliphatic carbocycles. The molecule has 4 nitrogen and oxygen atoms in total. The highest BCUT2D eigenvalue weighted by Gasteiger charge is 2.42. The molecule has 0 aromatic carbocycles. The van der Waals surface area contributed by atoms with E-state index >= 15 is 0 Å². The van der Waals surface area contributed by atoms with Crippen molar-refractivity contribution < 1.29 is 22.4 Å². The summed E-state index contributed by atoms with van der Waals surface area (Å²) in [6.07, 6.45) is -3.67. The van der Waals surface area contributed by atoms with Crippen molar-refractivity contribution >= 4 is 5.91 Å². The van der Waals surface area contributed by atoms with E-state index < -0.39 is 24.9 Å². The number of nitrogens with zero attached hydrogens (tertiary/aromatic N) is 2. The van der Waals surface area contributed by atoms with Gasteiger partial charge in [0, 0.05) is 26.2 Å². The van der Waals surface area contributed by atoms with Crippen LogP contribution in [0, 0.1) is 5.92 Å². The maximum absolute atomic E-state index is 12.9. The lowest BCUT2D eigenvalue weighted by molar-refractivity contribution is -0.149. The summed E-state index contributed by atoms with van der Waals surface area (Å²) < 4.78 is 50.1. The molecule has 1 fully saturated rings. The fourth-order valence-electron chi connectivity index (χ4n) is 1.99. The second kappa shape index (κ2) is 6.71. The van der Waals surface area contributed by atoms with Crippen LogP contribution >= 0.6 is 0 Å². The molecule has 1 saturated heterocycles. The zero-order chi connectivity index (χ0) is 15.5. The molecule has 1 rings (SSSR count). The van der Waals surface area contributed by atoms with Gasteiger partial charge in [0.25, 0.3) is 0 Å². The molecule has 0 saturated carbocycles. The Morgan fingerprint density at radius 1 is 1.20 bits per heavy atom. The van der Waals surface area contributed by atoms with Crippen molar-refractivity contribution in [3.8, 4) is 0 Å². The molecule has 0 radical (unpaired) electrons. The summed E-state index contributed by atoms with van der Waals surface area (Å²) >= 11 is 0. The molecule has 0 aromatic heterocycles. The minimum Gasteiger partial charge on any atom is -0.339 e. The average Bonchev–Trinajstić information content (AvgIpc) is 2.37. The molecular formula is C12H21F4N3O. The van der Waals surface area contributed by atoms with Gasteiger partial charge in [-0.3, -0.25) is 9.69 Å². The molecule has 8 heteroatoms. The van der Waals surface area contributed by atoms with Gasteiger partial charge >= 0.3 is 12.3 Å². The zero-order valence-corrected chi connectivity index (χ0v) is 11.7. The molecule has 1 amide bonds. The maximum Gasteiger partial charge on any atom is 0.319 e. The van der Waals surface area contributed by atoms with Crippen LogP contribution in [0.25, 0.3) is 0 Å². The predicted molar refractivity (Wildman–Crippen MR) is 66.8 cm³/mol. The molecule has 20 heavy (non-hydrogen) atoms. The van der Waals surface area contributed by atoms with Crippen LogP contribution < -0.4 is 5.73 Å². The van der Waals surface area contributed by atoms with E-state index in [-0.39, 0.29) is 38.0 Å². The van der Waals surface area contributed by atoms with Gasteiger partial charge in [-0.25, -0.2) is 8.78 Å². The van der Waals surface area contributed by atoms with Crippen LogP contribution in [0.2, 0.25) is 0 Å². The van der Waals surface area contributed by atoms with Gasteiger partial charge in [-0.15, -0.1) is 0 Å². The molecule has 0 aromatic rings. The first kappa shape index (κ1) is 17.2. The molecule has 1 aliphatic heterocycles. The number of nitrogens with two attached hydrogens (primary N) is 1. The number of carbonyl (C=O) groups is 1. The number of alkyl halides is 4. The van der Waals surface area contributed by atoms with E-state index in [0.717, 1.165) is 0 Å². The standard InChI is InChI=1S/C12H21F4N3O/c1-8(2)9(17)10(20)19-5-3-18(4-6-19)7-12(15,16)11(13)14/h8-9,11H,3-7,17H2,1-2H3/t9-/m0/s1. The van der Waals surface area contributed by atoms with Crippen LogP contribution in [0.15, 0.2) is 0 Å². The van der Waals surface area contributed by atoms with E-state index in [0.29, 0.717) is 0 Å². The fraction of sp³-hybridized carbons (Fsp3) is 0.917. The second-order valence-corrected chi connectivity index (χ2v) is 5.43. The average molecular weight is 299 g/mol. The van der Waals surface area contributed by atoms with E-state index in [2.05, 4.69) is 0 Å². The third-order valence-electron chi connectivity index (χ3n) is 3.44. The first-order valence-electron chi connectivity index (χ1n) is 6.58. The summed E-state index contributed by atoms with van der Waals surface area (Å²) in [6.45, 7) is 3.43. The summed E-state index contributed by atoms with van der Waals surface area (Å²) in [7, 11) is 0. The van der Waals surface area contributed by atoms with E-state index in [4.69, 9.17) is 5.73 Å². The Hall–Kier alpha value is -0.890. The number of carbonyl (C=O) groups excluding carboxylic acids is 1. The van der Waals surface area contributed by atoms with Gasteiger partial charge in [-0.05, 0) is 5.92 Å². The topological polar surface area (TPSA) is 49.6 Å². The molecule has 118 valence electrons. The number of hydrogen-bond donors (Lipinski definition) is 1. The lowest BCUT2D eigenvalue weighted by Crippen LogP contribution is -2.56. The number of hydrogen-bond acceptors (Lipinski definition) is 3. The highest BCUT2D eigenvalue weighted by molar-refractivity contribution is 5.82. The van der Waals surface area contributed by atoms with Crippen LogP contribution in [0.5, 0.6) is 0 Å². The van der Waals surface area contributed by atoms with Gasteiger partial charge in [0.1, 0.15) is 0 Å². The van der Waals surface area contributed by atoms with E-state index in [9.17, 15) is 22.4 Å². The highest BCUT2D eigenvalue weighted by atomic mass is 19.3. The van der Waals surface area contributed by atoms with Crippen LogP contribution in [0.1, 0.15) is 13.8 Å². The molecule has 2 N–H and O–H groups in total. The van der Waals surface area contributed by atoms with Gasteiger partial charge in [0.05, 0.1) is 12.6 Å². The van der Waals surface area contributed by atoms with Gasteiger partial charge in [-0.1, -0.05) is 13.8 Å². The molecule has 0 bridgehead atoms. The van der Waals surface area contributed by atoms with Crippen molar-refractivity contribution in [3.63, 3.8) is 0 Å². The summed E-state index contributed by atoms with van der Waals surface area (Å²) in [6, 6.07) is -0.621. The summed E-state index contributed by atoms with van der Waals surface area (Å²) in [4.78, 5) is 14.7. The van der Waals surface area contributed by atoms with Crippen molar-refractivity contribution in [2.75, 3.05) is 32.7 Å². The number of piperazine rings is 1. The van der Waals surface area contributed by atoms with E-state index in [1.165, 1.54) is 9.80 Å². The fourth-order valence-corrected chi connectivity index (χ4v) is 1.99. The Bertz CT molecular complexity index is 331. The lowest BCUT2D eigenvalue weighted by atomic mass is 10.0. The quantitative estimate of drug-likeness (QED) is 0.771. The Morgan fingerprint density at radius 2 is 1.70 bits per heavy atom. The molecule has 1 heterocycles. The maximum atomic E-state index is 12.9. The Morgan fingerprint density at radius 3 is 2.10 bits per heavy atom. The third-order valence-corrected chi connectivity index (χ3v) is 3.44. The van der Waals surface area contributed by atoms with Crippen LogP contribution in [-0.4, -0.2) is 66.8 Å². The van der Waals surface area contributed by atoms with Crippen molar-refractivity contribution in [2.45, 2.75) is 32.2 Å². The first-order chi connectivity index (χ1) is 9.15. The van der Waals surface area contributed by atoms with Crippen molar-refractivity contribution in [3.05, 3.63) is 0 Å². The van der Waals surface area contributed by atoms with Gasteiger partial charge < -0.3 is 10.6 Å².